The molecular weight excluding hydrogens is 484 g/mol. The van der Waals surface area contributed by atoms with E-state index < -0.39 is 6.04 Å². The van der Waals surface area contributed by atoms with E-state index in [0.29, 0.717) is 37.7 Å². The molecule has 6 nitrogen and oxygen atoms in total. The third-order valence-electron chi connectivity index (χ3n) is 5.08. The van der Waals surface area contributed by atoms with Crippen LogP contribution in [-0.2, 0) is 22.6 Å². The molecule has 0 radical (unpaired) electrons. The van der Waals surface area contributed by atoms with Crippen molar-refractivity contribution in [3.63, 3.8) is 0 Å². The minimum Gasteiger partial charge on any atom is -0.490 e. The van der Waals surface area contributed by atoms with E-state index in [4.69, 9.17) is 9.47 Å². The maximum absolute atomic E-state index is 13.3. The van der Waals surface area contributed by atoms with E-state index in [1.807, 2.05) is 70.2 Å². The third kappa shape index (κ3) is 8.39. The molecule has 0 spiro atoms. The Hall–Kier alpha value is -2.54. The predicted molar refractivity (Wildman–Crippen MR) is 135 cm³/mol. The Morgan fingerprint density at radius 1 is 0.970 bits per heavy atom. The van der Waals surface area contributed by atoms with Gasteiger partial charge in [0.25, 0.3) is 0 Å². The van der Waals surface area contributed by atoms with E-state index in [0.717, 1.165) is 15.6 Å². The number of carbonyl (C=O) groups is 2. The summed E-state index contributed by atoms with van der Waals surface area (Å²) in [5, 5.41) is 2.92. The zero-order chi connectivity index (χ0) is 24.4. The van der Waals surface area contributed by atoms with Crippen LogP contribution in [-0.4, -0.2) is 42.0 Å². The molecule has 1 unspecified atom stereocenters. The highest BCUT2D eigenvalue weighted by molar-refractivity contribution is 9.10. The minimum absolute atomic E-state index is 0.00335. The molecule has 0 saturated heterocycles. The van der Waals surface area contributed by atoms with Crippen LogP contribution in [0.15, 0.2) is 46.9 Å². The lowest BCUT2D eigenvalue weighted by atomic mass is 10.1. The van der Waals surface area contributed by atoms with E-state index >= 15 is 0 Å². The first-order valence-electron chi connectivity index (χ1n) is 11.5. The number of rotatable bonds is 12. The minimum atomic E-state index is -0.585. The lowest BCUT2D eigenvalue weighted by Crippen LogP contribution is -2.49. The summed E-state index contributed by atoms with van der Waals surface area (Å²) in [7, 11) is 0. The molecule has 1 N–H and O–H groups in total. The molecule has 0 heterocycles. The molecule has 2 rings (SSSR count). The normalized spacial score (nSPS) is 11.7. The number of nitrogens with zero attached hydrogens (tertiary/aromatic N) is 1. The number of amides is 2. The second kappa shape index (κ2) is 13.2. The highest BCUT2D eigenvalue weighted by atomic mass is 79.9. The second-order valence-corrected chi connectivity index (χ2v) is 9.05. The van der Waals surface area contributed by atoms with E-state index in [-0.39, 0.29) is 24.3 Å². The second-order valence-electron chi connectivity index (χ2n) is 8.14. The number of hydrogen-bond donors (Lipinski definition) is 1. The zero-order valence-electron chi connectivity index (χ0n) is 20.2. The zero-order valence-corrected chi connectivity index (χ0v) is 21.8. The Kier molecular flexibility index (Phi) is 10.7. The van der Waals surface area contributed by atoms with Crippen LogP contribution in [0.4, 0.5) is 0 Å². The van der Waals surface area contributed by atoms with Gasteiger partial charge in [0.05, 0.1) is 13.2 Å². The fraction of sp³-hybridized carbons (Fsp3) is 0.462. The van der Waals surface area contributed by atoms with Gasteiger partial charge in [0.1, 0.15) is 6.04 Å². The van der Waals surface area contributed by atoms with Crippen molar-refractivity contribution in [3.8, 4) is 11.5 Å². The molecule has 0 aliphatic heterocycles. The van der Waals surface area contributed by atoms with E-state index in [1.54, 1.807) is 11.8 Å². The van der Waals surface area contributed by atoms with Gasteiger partial charge in [-0.2, -0.15) is 0 Å². The van der Waals surface area contributed by atoms with Crippen LogP contribution in [0, 0.1) is 0 Å². The molecular formula is C26H35BrN2O4. The van der Waals surface area contributed by atoms with E-state index in [2.05, 4.69) is 21.2 Å². The van der Waals surface area contributed by atoms with Crippen molar-refractivity contribution in [1.29, 1.82) is 0 Å². The fourth-order valence-electron chi connectivity index (χ4n) is 3.47. The quantitative estimate of drug-likeness (QED) is 0.423. The van der Waals surface area contributed by atoms with Crippen molar-refractivity contribution in [2.24, 2.45) is 0 Å². The van der Waals surface area contributed by atoms with Crippen molar-refractivity contribution in [2.45, 2.75) is 66.1 Å². The molecule has 0 fully saturated rings. The summed E-state index contributed by atoms with van der Waals surface area (Å²) in [6, 6.07) is 13.0. The largest absolute Gasteiger partial charge is 0.490 e. The Morgan fingerprint density at radius 3 is 2.30 bits per heavy atom. The summed E-state index contributed by atoms with van der Waals surface area (Å²) in [6.45, 7) is 10.9. The molecule has 2 aromatic carbocycles. The number of hydrogen-bond acceptors (Lipinski definition) is 4. The Bertz CT molecular complexity index is 932. The molecule has 0 aromatic heterocycles. The molecule has 0 bridgehead atoms. The lowest BCUT2D eigenvalue weighted by molar-refractivity contribution is -0.140. The molecule has 180 valence electrons. The van der Waals surface area contributed by atoms with Gasteiger partial charge in [-0.25, -0.2) is 0 Å². The van der Waals surface area contributed by atoms with Gasteiger partial charge in [0.2, 0.25) is 11.8 Å². The monoisotopic (exact) mass is 518 g/mol. The maximum atomic E-state index is 13.3. The smallest absolute Gasteiger partial charge is 0.242 e. The van der Waals surface area contributed by atoms with Gasteiger partial charge >= 0.3 is 0 Å². The average molecular weight is 519 g/mol. The third-order valence-corrected chi connectivity index (χ3v) is 5.57. The summed E-state index contributed by atoms with van der Waals surface area (Å²) in [4.78, 5) is 27.6. The van der Waals surface area contributed by atoms with Gasteiger partial charge in [0, 0.05) is 23.5 Å². The van der Waals surface area contributed by atoms with E-state index in [9.17, 15) is 9.59 Å². The summed E-state index contributed by atoms with van der Waals surface area (Å²) < 4.78 is 12.3. The van der Waals surface area contributed by atoms with Crippen molar-refractivity contribution in [2.75, 3.05) is 13.2 Å². The lowest BCUT2D eigenvalue weighted by Gasteiger charge is -2.29. The fourth-order valence-corrected chi connectivity index (χ4v) is 3.91. The summed E-state index contributed by atoms with van der Waals surface area (Å²) in [6.07, 6.45) is 0.825. The van der Waals surface area contributed by atoms with Crippen molar-refractivity contribution >= 4 is 27.7 Å². The molecule has 0 aliphatic rings. The van der Waals surface area contributed by atoms with Crippen LogP contribution >= 0.6 is 15.9 Å². The summed E-state index contributed by atoms with van der Waals surface area (Å²) in [5.74, 6) is 1.14. The van der Waals surface area contributed by atoms with Crippen LogP contribution in [0.3, 0.4) is 0 Å². The van der Waals surface area contributed by atoms with Crippen molar-refractivity contribution in [1.82, 2.24) is 10.2 Å². The predicted octanol–water partition coefficient (Wildman–Crippen LogP) is 5.12. The van der Waals surface area contributed by atoms with Gasteiger partial charge in [-0.05, 0) is 76.4 Å². The average Bonchev–Trinajstić information content (AvgIpc) is 2.76. The number of ether oxygens (including phenoxy) is 2. The number of halogens is 1. The molecule has 2 amide bonds. The highest BCUT2D eigenvalue weighted by Gasteiger charge is 2.26. The molecule has 7 heteroatoms. The van der Waals surface area contributed by atoms with Crippen LogP contribution in [0.2, 0.25) is 0 Å². The Labute approximate surface area is 205 Å². The van der Waals surface area contributed by atoms with Gasteiger partial charge in [-0.15, -0.1) is 0 Å². The Morgan fingerprint density at radius 2 is 1.67 bits per heavy atom. The van der Waals surface area contributed by atoms with Crippen molar-refractivity contribution in [3.05, 3.63) is 58.1 Å². The maximum Gasteiger partial charge on any atom is 0.242 e. The van der Waals surface area contributed by atoms with Crippen molar-refractivity contribution < 1.29 is 19.1 Å². The van der Waals surface area contributed by atoms with Gasteiger partial charge in [-0.3, -0.25) is 9.59 Å². The van der Waals surface area contributed by atoms with Gasteiger partial charge in [-0.1, -0.05) is 34.1 Å². The van der Waals surface area contributed by atoms with Crippen LogP contribution in [0.25, 0.3) is 0 Å². The van der Waals surface area contributed by atoms with Crippen LogP contribution in [0.1, 0.15) is 52.2 Å². The Balaban J connectivity index is 2.18. The molecule has 0 aliphatic carbocycles. The number of carbonyl (C=O) groups excluding carboxylic acids is 2. The SMILES string of the molecule is CCOc1ccc(CCC(=O)N(Cc2cccc(Br)c2)C(C)C(=O)NC(C)C)cc1OCC. The number of nitrogens with one attached hydrogen (secondary N) is 1. The molecule has 1 atom stereocenters. The summed E-state index contributed by atoms with van der Waals surface area (Å²) >= 11 is 3.48. The van der Waals surface area contributed by atoms with Gasteiger partial charge < -0.3 is 19.7 Å². The van der Waals surface area contributed by atoms with Gasteiger partial charge in [0.15, 0.2) is 11.5 Å². The highest BCUT2D eigenvalue weighted by Crippen LogP contribution is 2.29. The molecule has 2 aromatic rings. The van der Waals surface area contributed by atoms with Crippen LogP contribution in [0.5, 0.6) is 11.5 Å². The van der Waals surface area contributed by atoms with E-state index in [1.165, 1.54) is 0 Å². The first kappa shape index (κ1) is 26.7. The standard InChI is InChI=1S/C26H35BrN2O4/c1-6-32-23-13-11-20(16-24(23)33-7-2)12-14-25(30)29(19(5)26(31)28-18(3)4)17-21-9-8-10-22(27)15-21/h8-11,13,15-16,18-19H,6-7,12,14,17H2,1-5H3,(H,28,31). The molecule has 33 heavy (non-hydrogen) atoms. The summed E-state index contributed by atoms with van der Waals surface area (Å²) in [5.41, 5.74) is 1.94. The first-order valence-corrected chi connectivity index (χ1v) is 12.3. The first-order chi connectivity index (χ1) is 15.7. The topological polar surface area (TPSA) is 67.9 Å². The number of benzene rings is 2. The number of aryl methyl sites for hydroxylation is 1. The van der Waals surface area contributed by atoms with Crippen LogP contribution < -0.4 is 14.8 Å². The molecule has 0 saturated carbocycles.